The molecule has 1 aromatic heterocycles. The van der Waals surface area contributed by atoms with Gasteiger partial charge in [-0.15, -0.1) is 0 Å². The number of carbonyl (C=O) groups excluding carboxylic acids is 1. The zero-order valence-electron chi connectivity index (χ0n) is 19.0. The van der Waals surface area contributed by atoms with Gasteiger partial charge in [-0.1, -0.05) is 61.6 Å². The van der Waals surface area contributed by atoms with Gasteiger partial charge in [0, 0.05) is 24.9 Å². The van der Waals surface area contributed by atoms with Crippen molar-refractivity contribution in [2.24, 2.45) is 0 Å². The minimum absolute atomic E-state index is 0.145. The summed E-state index contributed by atoms with van der Waals surface area (Å²) in [6.07, 6.45) is 1.18. The van der Waals surface area contributed by atoms with Crippen LogP contribution in [0.3, 0.4) is 0 Å². The van der Waals surface area contributed by atoms with Crippen LogP contribution in [0.15, 0.2) is 65.6 Å². The molecule has 8 heteroatoms. The van der Waals surface area contributed by atoms with E-state index in [0.29, 0.717) is 29.3 Å². The van der Waals surface area contributed by atoms with Crippen molar-refractivity contribution in [2.75, 3.05) is 37.3 Å². The number of para-hydroxylation sites is 1. The van der Waals surface area contributed by atoms with Crippen molar-refractivity contribution in [1.82, 2.24) is 9.88 Å². The Labute approximate surface area is 198 Å². The number of hydrogen-bond donors (Lipinski definition) is 0. The molecule has 1 heterocycles. The SMILES string of the molecule is CCN(CC)CCN(C(=O)c1ccc2ccccc2c1)c1nc2c(S(C)(=O)=O)cccc2s1. The molecule has 0 N–H and O–H groups in total. The number of sulfone groups is 1. The molecule has 1 amide bonds. The van der Waals surface area contributed by atoms with E-state index in [4.69, 9.17) is 0 Å². The number of anilines is 1. The summed E-state index contributed by atoms with van der Waals surface area (Å²) in [5.41, 5.74) is 0.995. The molecule has 0 aliphatic carbocycles. The lowest BCUT2D eigenvalue weighted by Crippen LogP contribution is -2.38. The van der Waals surface area contributed by atoms with E-state index in [9.17, 15) is 13.2 Å². The molecule has 0 aliphatic rings. The molecular weight excluding hydrogens is 454 g/mol. The Hall–Kier alpha value is -2.81. The molecule has 0 unspecified atom stereocenters. The summed E-state index contributed by atoms with van der Waals surface area (Å²) in [4.78, 5) is 22.4. The molecule has 3 aromatic carbocycles. The molecule has 0 fully saturated rings. The number of fused-ring (bicyclic) bond motifs is 2. The number of benzene rings is 3. The van der Waals surface area contributed by atoms with E-state index in [1.54, 1.807) is 17.0 Å². The molecule has 0 saturated carbocycles. The number of carbonyl (C=O) groups is 1. The van der Waals surface area contributed by atoms with Crippen molar-refractivity contribution in [2.45, 2.75) is 18.7 Å². The predicted molar refractivity (Wildman–Crippen MR) is 136 cm³/mol. The molecule has 6 nitrogen and oxygen atoms in total. The number of likely N-dealkylation sites (N-methyl/N-ethyl adjacent to an activating group) is 1. The van der Waals surface area contributed by atoms with E-state index in [2.05, 4.69) is 23.7 Å². The van der Waals surface area contributed by atoms with Crippen molar-refractivity contribution >= 4 is 53.2 Å². The van der Waals surface area contributed by atoms with E-state index >= 15 is 0 Å². The van der Waals surface area contributed by atoms with Crippen LogP contribution in [0.2, 0.25) is 0 Å². The summed E-state index contributed by atoms with van der Waals surface area (Å²) < 4.78 is 25.3. The molecule has 33 heavy (non-hydrogen) atoms. The summed E-state index contributed by atoms with van der Waals surface area (Å²) in [6.45, 7) is 7.10. The average molecular weight is 482 g/mol. The van der Waals surface area contributed by atoms with E-state index in [1.807, 2.05) is 48.5 Å². The topological polar surface area (TPSA) is 70.6 Å². The third kappa shape index (κ3) is 4.93. The summed E-state index contributed by atoms with van der Waals surface area (Å²) in [5, 5.41) is 2.57. The van der Waals surface area contributed by atoms with Gasteiger partial charge in [0.15, 0.2) is 15.0 Å². The molecule has 0 aliphatic heterocycles. The quantitative estimate of drug-likeness (QED) is 0.360. The van der Waals surface area contributed by atoms with Gasteiger partial charge in [-0.05, 0) is 48.1 Å². The van der Waals surface area contributed by atoms with Gasteiger partial charge in [0.1, 0.15) is 5.52 Å². The Morgan fingerprint density at radius 1 is 0.939 bits per heavy atom. The number of aromatic nitrogens is 1. The van der Waals surface area contributed by atoms with Gasteiger partial charge in [-0.2, -0.15) is 0 Å². The minimum Gasteiger partial charge on any atom is -0.302 e. The van der Waals surface area contributed by atoms with E-state index in [-0.39, 0.29) is 10.8 Å². The van der Waals surface area contributed by atoms with Crippen LogP contribution in [0.4, 0.5) is 5.13 Å². The molecule has 0 radical (unpaired) electrons. The van der Waals surface area contributed by atoms with Crippen LogP contribution in [-0.2, 0) is 9.84 Å². The maximum atomic E-state index is 13.7. The van der Waals surface area contributed by atoms with Crippen LogP contribution in [0.5, 0.6) is 0 Å². The van der Waals surface area contributed by atoms with Crippen molar-refractivity contribution in [3.8, 4) is 0 Å². The predicted octanol–water partition coefficient (Wildman–Crippen LogP) is 4.84. The lowest BCUT2D eigenvalue weighted by molar-refractivity contribution is 0.0984. The maximum absolute atomic E-state index is 13.7. The Bertz CT molecular complexity index is 1410. The van der Waals surface area contributed by atoms with Crippen LogP contribution in [-0.4, -0.2) is 56.6 Å². The fourth-order valence-electron chi connectivity index (χ4n) is 3.87. The van der Waals surface area contributed by atoms with Crippen LogP contribution in [0.25, 0.3) is 21.0 Å². The zero-order valence-corrected chi connectivity index (χ0v) is 20.6. The molecule has 4 rings (SSSR count). The summed E-state index contributed by atoms with van der Waals surface area (Å²) in [6, 6.07) is 18.7. The van der Waals surface area contributed by atoms with Gasteiger partial charge in [-0.25, -0.2) is 13.4 Å². The van der Waals surface area contributed by atoms with E-state index in [1.165, 1.54) is 17.6 Å². The first-order chi connectivity index (χ1) is 15.8. The van der Waals surface area contributed by atoms with E-state index < -0.39 is 9.84 Å². The second-order valence-corrected chi connectivity index (χ2v) is 10.9. The number of thiazole rings is 1. The monoisotopic (exact) mass is 481 g/mol. The van der Waals surface area contributed by atoms with Crippen molar-refractivity contribution < 1.29 is 13.2 Å². The van der Waals surface area contributed by atoms with Crippen LogP contribution in [0.1, 0.15) is 24.2 Å². The summed E-state index contributed by atoms with van der Waals surface area (Å²) in [7, 11) is -3.44. The fraction of sp³-hybridized carbons (Fsp3) is 0.280. The second-order valence-electron chi connectivity index (χ2n) is 7.92. The number of hydrogen-bond acceptors (Lipinski definition) is 6. The molecule has 4 aromatic rings. The largest absolute Gasteiger partial charge is 0.302 e. The number of rotatable bonds is 8. The Balaban J connectivity index is 1.78. The third-order valence-corrected chi connectivity index (χ3v) is 7.95. The Kier molecular flexibility index (Phi) is 6.78. The molecule has 0 bridgehead atoms. The molecule has 172 valence electrons. The van der Waals surface area contributed by atoms with Crippen molar-refractivity contribution in [1.29, 1.82) is 0 Å². The first-order valence-electron chi connectivity index (χ1n) is 10.9. The highest BCUT2D eigenvalue weighted by molar-refractivity contribution is 7.91. The van der Waals surface area contributed by atoms with Gasteiger partial charge < -0.3 is 4.90 Å². The lowest BCUT2D eigenvalue weighted by atomic mass is 10.1. The lowest BCUT2D eigenvalue weighted by Gasteiger charge is -2.25. The second kappa shape index (κ2) is 9.59. The van der Waals surface area contributed by atoms with Crippen molar-refractivity contribution in [3.63, 3.8) is 0 Å². The smallest absolute Gasteiger partial charge is 0.260 e. The van der Waals surface area contributed by atoms with Crippen LogP contribution in [0, 0.1) is 0 Å². The molecule has 0 spiro atoms. The minimum atomic E-state index is -3.44. The Morgan fingerprint density at radius 2 is 1.67 bits per heavy atom. The fourth-order valence-corrected chi connectivity index (χ4v) is 5.78. The van der Waals surface area contributed by atoms with Crippen LogP contribution < -0.4 is 4.90 Å². The molecule has 0 saturated heterocycles. The van der Waals surface area contributed by atoms with Crippen molar-refractivity contribution in [3.05, 3.63) is 66.2 Å². The Morgan fingerprint density at radius 3 is 2.36 bits per heavy atom. The van der Waals surface area contributed by atoms with Crippen LogP contribution >= 0.6 is 11.3 Å². The van der Waals surface area contributed by atoms with Gasteiger partial charge in [0.05, 0.1) is 9.60 Å². The highest BCUT2D eigenvalue weighted by Crippen LogP contribution is 2.33. The standard InChI is InChI=1S/C25H27N3O3S2/c1-4-27(5-2)15-16-28(24(29)20-14-13-18-9-6-7-10-19(18)17-20)25-26-23-21(32-25)11-8-12-22(23)33(3,30)31/h6-14,17H,4-5,15-16H2,1-3H3. The maximum Gasteiger partial charge on any atom is 0.260 e. The van der Waals surface area contributed by atoms with Gasteiger partial charge >= 0.3 is 0 Å². The third-order valence-electron chi connectivity index (χ3n) is 5.78. The normalized spacial score (nSPS) is 12.0. The number of nitrogens with zero attached hydrogens (tertiary/aromatic N) is 3. The van der Waals surface area contributed by atoms with Gasteiger partial charge in [0.2, 0.25) is 0 Å². The zero-order chi connectivity index (χ0) is 23.6. The highest BCUT2D eigenvalue weighted by Gasteiger charge is 2.24. The number of amides is 1. The molecular formula is C25H27N3O3S2. The van der Waals surface area contributed by atoms with Gasteiger partial charge in [-0.3, -0.25) is 9.69 Å². The highest BCUT2D eigenvalue weighted by atomic mass is 32.2. The van der Waals surface area contributed by atoms with E-state index in [0.717, 1.165) is 28.6 Å². The first-order valence-corrected chi connectivity index (χ1v) is 13.6. The van der Waals surface area contributed by atoms with Gasteiger partial charge in [0.25, 0.3) is 5.91 Å². The average Bonchev–Trinajstić information content (AvgIpc) is 3.24. The summed E-state index contributed by atoms with van der Waals surface area (Å²) in [5.74, 6) is -0.145. The molecule has 0 atom stereocenters. The summed E-state index contributed by atoms with van der Waals surface area (Å²) >= 11 is 1.34. The first kappa shape index (κ1) is 23.4.